The third-order valence-corrected chi connectivity index (χ3v) is 4.70. The highest BCUT2D eigenvalue weighted by Crippen LogP contribution is 2.41. The molecule has 7 heteroatoms. The normalized spacial score (nSPS) is 15.7. The molecule has 0 N–H and O–H groups in total. The molecule has 26 heavy (non-hydrogen) atoms. The number of nitro groups is 1. The van der Waals surface area contributed by atoms with E-state index in [1.807, 2.05) is 18.2 Å². The maximum absolute atomic E-state index is 12.7. The van der Waals surface area contributed by atoms with E-state index in [-0.39, 0.29) is 17.4 Å². The molecule has 1 heterocycles. The number of nitrogens with zero attached hydrogens (tertiary/aromatic N) is 2. The first-order valence-corrected chi connectivity index (χ1v) is 8.53. The van der Waals surface area contributed by atoms with Crippen molar-refractivity contribution < 1.29 is 14.5 Å². The highest BCUT2D eigenvalue weighted by atomic mass is 32.2. The number of rotatable bonds is 4. The summed E-state index contributed by atoms with van der Waals surface area (Å²) < 4.78 is 0. The molecule has 2 aromatic rings. The van der Waals surface area contributed by atoms with Crippen molar-refractivity contribution in [3.63, 3.8) is 0 Å². The van der Waals surface area contributed by atoms with Crippen LogP contribution in [0.15, 0.2) is 71.8 Å². The van der Waals surface area contributed by atoms with Crippen LogP contribution in [-0.2, 0) is 9.59 Å². The van der Waals surface area contributed by atoms with E-state index < -0.39 is 4.92 Å². The highest BCUT2D eigenvalue weighted by molar-refractivity contribution is 8.12. The van der Waals surface area contributed by atoms with E-state index in [9.17, 15) is 19.7 Å². The van der Waals surface area contributed by atoms with Crippen LogP contribution in [0.25, 0.3) is 4.91 Å². The third-order valence-electron chi connectivity index (χ3n) is 3.61. The molecule has 0 fully saturated rings. The SMILES string of the molecule is CC(=O)/C=C1\SC(c2ccc([N+](=O)[O-])cc2)=CC(=O)N1c1ccccc1. The molecule has 130 valence electrons. The molecule has 6 nitrogen and oxygen atoms in total. The fourth-order valence-electron chi connectivity index (χ4n) is 2.46. The monoisotopic (exact) mass is 366 g/mol. The Balaban J connectivity index is 2.01. The van der Waals surface area contributed by atoms with Gasteiger partial charge in [0.2, 0.25) is 0 Å². The zero-order valence-corrected chi connectivity index (χ0v) is 14.6. The van der Waals surface area contributed by atoms with Gasteiger partial charge in [0.15, 0.2) is 5.78 Å². The van der Waals surface area contributed by atoms with Crippen LogP contribution in [0.5, 0.6) is 0 Å². The number of hydrogen-bond acceptors (Lipinski definition) is 5. The molecular formula is C19H14N2O4S. The summed E-state index contributed by atoms with van der Waals surface area (Å²) in [6.45, 7) is 1.42. The van der Waals surface area contributed by atoms with Gasteiger partial charge in [-0.1, -0.05) is 30.0 Å². The first kappa shape index (κ1) is 17.6. The fraction of sp³-hybridized carbons (Fsp3) is 0.0526. The lowest BCUT2D eigenvalue weighted by atomic mass is 10.2. The zero-order valence-electron chi connectivity index (χ0n) is 13.8. The van der Waals surface area contributed by atoms with Crippen LogP contribution in [-0.4, -0.2) is 16.6 Å². The molecule has 0 unspecified atom stereocenters. The Morgan fingerprint density at radius 2 is 1.77 bits per heavy atom. The number of carbonyl (C=O) groups excluding carboxylic acids is 2. The first-order chi connectivity index (χ1) is 12.5. The van der Waals surface area contributed by atoms with Crippen molar-refractivity contribution in [2.75, 3.05) is 4.90 Å². The van der Waals surface area contributed by atoms with Crippen molar-refractivity contribution in [2.45, 2.75) is 6.92 Å². The van der Waals surface area contributed by atoms with Gasteiger partial charge in [-0.2, -0.15) is 0 Å². The molecule has 1 amide bonds. The maximum atomic E-state index is 12.7. The van der Waals surface area contributed by atoms with Crippen molar-refractivity contribution in [3.05, 3.63) is 87.5 Å². The highest BCUT2D eigenvalue weighted by Gasteiger charge is 2.27. The Morgan fingerprint density at radius 1 is 1.12 bits per heavy atom. The Labute approximate surface area is 154 Å². The smallest absolute Gasteiger partial charge is 0.269 e. The van der Waals surface area contributed by atoms with E-state index in [0.717, 1.165) is 0 Å². The molecule has 2 aromatic carbocycles. The molecule has 0 aliphatic carbocycles. The van der Waals surface area contributed by atoms with E-state index in [0.29, 0.717) is 21.2 Å². The van der Waals surface area contributed by atoms with Gasteiger partial charge in [0, 0.05) is 34.9 Å². The van der Waals surface area contributed by atoms with Gasteiger partial charge in [-0.3, -0.25) is 24.6 Å². The minimum atomic E-state index is -0.477. The Morgan fingerprint density at radius 3 is 2.35 bits per heavy atom. The molecule has 0 bridgehead atoms. The van der Waals surface area contributed by atoms with Crippen molar-refractivity contribution in [1.82, 2.24) is 0 Å². The van der Waals surface area contributed by atoms with Crippen LogP contribution < -0.4 is 4.90 Å². The van der Waals surface area contributed by atoms with E-state index >= 15 is 0 Å². The van der Waals surface area contributed by atoms with Gasteiger partial charge in [-0.05, 0) is 36.8 Å². The van der Waals surface area contributed by atoms with Gasteiger partial charge in [0.25, 0.3) is 11.6 Å². The second-order valence-electron chi connectivity index (χ2n) is 5.52. The lowest BCUT2D eigenvalue weighted by molar-refractivity contribution is -0.384. The summed E-state index contributed by atoms with van der Waals surface area (Å²) in [5, 5.41) is 11.3. The number of non-ortho nitro benzene ring substituents is 1. The van der Waals surface area contributed by atoms with Crippen molar-refractivity contribution in [3.8, 4) is 0 Å². The standard InChI is InChI=1S/C19H14N2O4S/c1-13(22)11-19-20(15-5-3-2-4-6-15)18(23)12-17(26-19)14-7-9-16(10-8-14)21(24)25/h2-12H,1H3/b19-11-. The first-order valence-electron chi connectivity index (χ1n) is 7.71. The second kappa shape index (κ2) is 7.37. The molecule has 0 spiro atoms. The molecule has 1 aliphatic heterocycles. The third kappa shape index (κ3) is 3.73. The quantitative estimate of drug-likeness (QED) is 0.461. The summed E-state index contributed by atoms with van der Waals surface area (Å²) in [6.07, 6.45) is 2.88. The maximum Gasteiger partial charge on any atom is 0.269 e. The summed E-state index contributed by atoms with van der Waals surface area (Å²) in [5.74, 6) is -0.456. The van der Waals surface area contributed by atoms with Crippen molar-refractivity contribution in [2.24, 2.45) is 0 Å². The lowest BCUT2D eigenvalue weighted by Gasteiger charge is -2.28. The zero-order chi connectivity index (χ0) is 18.7. The molecular weight excluding hydrogens is 352 g/mol. The van der Waals surface area contributed by atoms with E-state index in [1.165, 1.54) is 47.9 Å². The lowest BCUT2D eigenvalue weighted by Crippen LogP contribution is -2.30. The number of carbonyl (C=O) groups is 2. The summed E-state index contributed by atoms with van der Waals surface area (Å²) in [5.41, 5.74) is 1.32. The largest absolute Gasteiger partial charge is 0.295 e. The Kier molecular flexibility index (Phi) is 4.99. The van der Waals surface area contributed by atoms with Crippen molar-refractivity contribution >= 4 is 39.7 Å². The fourth-order valence-corrected chi connectivity index (χ4v) is 3.61. The van der Waals surface area contributed by atoms with Gasteiger partial charge < -0.3 is 0 Å². The summed E-state index contributed by atoms with van der Waals surface area (Å²) >= 11 is 1.27. The number of ketones is 1. The Bertz CT molecular complexity index is 934. The van der Waals surface area contributed by atoms with Crippen LogP contribution >= 0.6 is 11.8 Å². The van der Waals surface area contributed by atoms with Crippen LogP contribution in [0, 0.1) is 10.1 Å². The van der Waals surface area contributed by atoms with E-state index in [1.54, 1.807) is 24.3 Å². The molecule has 1 aliphatic rings. The van der Waals surface area contributed by atoms with Gasteiger partial charge in [0.05, 0.1) is 9.95 Å². The number of hydrogen-bond donors (Lipinski definition) is 0. The summed E-state index contributed by atoms with van der Waals surface area (Å²) in [6, 6.07) is 15.0. The minimum absolute atomic E-state index is 0.0214. The second-order valence-corrected chi connectivity index (χ2v) is 6.58. The summed E-state index contributed by atoms with van der Waals surface area (Å²) in [4.78, 5) is 36.8. The van der Waals surface area contributed by atoms with Crippen LogP contribution in [0.1, 0.15) is 12.5 Å². The molecule has 0 saturated heterocycles. The Hall–Kier alpha value is -3.19. The molecule has 0 saturated carbocycles. The van der Waals surface area contributed by atoms with Gasteiger partial charge in [-0.25, -0.2) is 0 Å². The average molecular weight is 366 g/mol. The van der Waals surface area contributed by atoms with Crippen LogP contribution in [0.4, 0.5) is 11.4 Å². The minimum Gasteiger partial charge on any atom is -0.295 e. The molecule has 0 aromatic heterocycles. The number of amides is 1. The van der Waals surface area contributed by atoms with Crippen LogP contribution in [0.3, 0.4) is 0 Å². The van der Waals surface area contributed by atoms with E-state index in [4.69, 9.17) is 0 Å². The summed E-state index contributed by atoms with van der Waals surface area (Å²) in [7, 11) is 0. The molecule has 0 radical (unpaired) electrons. The number of benzene rings is 2. The predicted molar refractivity (Wildman–Crippen MR) is 101 cm³/mol. The van der Waals surface area contributed by atoms with E-state index in [2.05, 4.69) is 0 Å². The van der Waals surface area contributed by atoms with Gasteiger partial charge in [0.1, 0.15) is 0 Å². The van der Waals surface area contributed by atoms with Crippen molar-refractivity contribution in [1.29, 1.82) is 0 Å². The number of para-hydroxylation sites is 1. The van der Waals surface area contributed by atoms with Gasteiger partial charge in [-0.15, -0.1) is 0 Å². The number of nitro benzene ring substituents is 1. The van der Waals surface area contributed by atoms with Gasteiger partial charge >= 0.3 is 0 Å². The predicted octanol–water partition coefficient (Wildman–Crippen LogP) is 4.15. The number of allylic oxidation sites excluding steroid dienone is 1. The topological polar surface area (TPSA) is 80.5 Å². The molecule has 3 rings (SSSR count). The number of anilines is 1. The molecule has 0 atom stereocenters. The average Bonchev–Trinajstić information content (AvgIpc) is 2.61. The van der Waals surface area contributed by atoms with Crippen LogP contribution in [0.2, 0.25) is 0 Å². The number of thioether (sulfide) groups is 1.